The van der Waals surface area contributed by atoms with E-state index in [0.717, 1.165) is 0 Å². The maximum atomic E-state index is 10.8. The van der Waals surface area contributed by atoms with E-state index in [1.807, 2.05) is 0 Å². The van der Waals surface area contributed by atoms with Gasteiger partial charge in [0, 0.05) is 6.20 Å². The van der Waals surface area contributed by atoms with Gasteiger partial charge in [0.15, 0.2) is 5.75 Å². The fourth-order valence-corrected chi connectivity index (χ4v) is 0.732. The summed E-state index contributed by atoms with van der Waals surface area (Å²) in [6.45, 7) is 0.138. The molecule has 0 aliphatic rings. The number of ether oxygens (including phenoxy) is 2. The van der Waals surface area contributed by atoms with Crippen molar-refractivity contribution in [2.45, 2.75) is 0 Å². The number of nitrogens with zero attached hydrogens (tertiary/aromatic N) is 1. The van der Waals surface area contributed by atoms with Crippen molar-refractivity contribution in [3.8, 4) is 11.6 Å². The molecule has 0 fully saturated rings. The van der Waals surface area contributed by atoms with Gasteiger partial charge in [-0.1, -0.05) is 0 Å². The van der Waals surface area contributed by atoms with Crippen LogP contribution in [0.1, 0.15) is 0 Å². The molecule has 0 saturated carbocycles. The molecule has 0 aromatic carbocycles. The Morgan fingerprint density at radius 2 is 2.20 bits per heavy atom. The third-order valence-corrected chi connectivity index (χ3v) is 1.30. The fourth-order valence-electron chi connectivity index (χ4n) is 0.732. The molecule has 78 valence electrons. The maximum Gasteiger partial charge on any atom is 0.403 e. The zero-order chi connectivity index (χ0) is 11.3. The second kappa shape index (κ2) is 4.70. The Kier molecular flexibility index (Phi) is 3.33. The summed E-state index contributed by atoms with van der Waals surface area (Å²) in [4.78, 5) is 34.8. The molecule has 7 nitrogen and oxygen atoms in total. The third-order valence-electron chi connectivity index (χ3n) is 1.30. The first-order valence-electron chi connectivity index (χ1n) is 3.72. The molecule has 7 heteroatoms. The van der Waals surface area contributed by atoms with Crippen molar-refractivity contribution in [1.82, 2.24) is 4.98 Å². The van der Waals surface area contributed by atoms with Crippen molar-refractivity contribution < 1.29 is 23.9 Å². The standard InChI is InChI=1S/C8H6N2O5/c9-6(12)8(13)15-7-5(14-4-11)2-1-3-10-7/h1-4H,(H2,9,12). The van der Waals surface area contributed by atoms with Crippen LogP contribution in [0.2, 0.25) is 0 Å². The molecule has 1 rings (SSSR count). The largest absolute Gasteiger partial charge is 0.423 e. The lowest BCUT2D eigenvalue weighted by atomic mass is 10.4. The highest BCUT2D eigenvalue weighted by atomic mass is 16.6. The van der Waals surface area contributed by atoms with Gasteiger partial charge in [0.05, 0.1) is 0 Å². The SMILES string of the molecule is NC(=O)C(=O)Oc1ncccc1OC=O. The van der Waals surface area contributed by atoms with Crippen LogP contribution < -0.4 is 15.2 Å². The Hall–Kier alpha value is -2.44. The first-order valence-corrected chi connectivity index (χ1v) is 3.72. The van der Waals surface area contributed by atoms with Crippen LogP contribution in [0.4, 0.5) is 0 Å². The van der Waals surface area contributed by atoms with Crippen molar-refractivity contribution in [2.75, 3.05) is 0 Å². The highest BCUT2D eigenvalue weighted by Crippen LogP contribution is 2.22. The molecule has 2 N–H and O–H groups in total. The third kappa shape index (κ3) is 2.76. The average molecular weight is 210 g/mol. The highest BCUT2D eigenvalue weighted by molar-refractivity contribution is 6.32. The Balaban J connectivity index is 2.88. The summed E-state index contributed by atoms with van der Waals surface area (Å²) >= 11 is 0. The number of esters is 1. The maximum absolute atomic E-state index is 10.8. The van der Waals surface area contributed by atoms with Crippen molar-refractivity contribution in [3.63, 3.8) is 0 Å². The van der Waals surface area contributed by atoms with Crippen molar-refractivity contribution in [1.29, 1.82) is 0 Å². The summed E-state index contributed by atoms with van der Waals surface area (Å²) in [6, 6.07) is 2.80. The molecular formula is C8H6N2O5. The zero-order valence-corrected chi connectivity index (χ0v) is 7.38. The quantitative estimate of drug-likeness (QED) is 0.389. The van der Waals surface area contributed by atoms with Gasteiger partial charge in [0.25, 0.3) is 12.4 Å². The average Bonchev–Trinajstić information content (AvgIpc) is 2.21. The summed E-state index contributed by atoms with van der Waals surface area (Å²) in [5.74, 6) is -2.93. The monoisotopic (exact) mass is 210 g/mol. The zero-order valence-electron chi connectivity index (χ0n) is 7.38. The summed E-state index contributed by atoms with van der Waals surface area (Å²) in [5, 5.41) is 0. The van der Waals surface area contributed by atoms with Crippen LogP contribution in [0.3, 0.4) is 0 Å². The summed E-state index contributed by atoms with van der Waals surface area (Å²) < 4.78 is 8.90. The van der Waals surface area contributed by atoms with Crippen LogP contribution in [0.25, 0.3) is 0 Å². The summed E-state index contributed by atoms with van der Waals surface area (Å²) in [6.07, 6.45) is 1.29. The second-order valence-electron chi connectivity index (χ2n) is 2.27. The van der Waals surface area contributed by atoms with Gasteiger partial charge in [-0.2, -0.15) is 0 Å². The molecule has 15 heavy (non-hydrogen) atoms. The molecule has 0 bridgehead atoms. The number of carbonyl (C=O) groups is 3. The van der Waals surface area contributed by atoms with Crippen LogP contribution in [-0.4, -0.2) is 23.3 Å². The van der Waals surface area contributed by atoms with E-state index < -0.39 is 11.9 Å². The van der Waals surface area contributed by atoms with Crippen molar-refractivity contribution in [2.24, 2.45) is 5.73 Å². The first kappa shape index (κ1) is 10.6. The molecule has 0 aliphatic heterocycles. The number of aromatic nitrogens is 1. The van der Waals surface area contributed by atoms with Gasteiger partial charge in [-0.15, -0.1) is 0 Å². The van der Waals surface area contributed by atoms with Gasteiger partial charge < -0.3 is 15.2 Å². The molecule has 1 aromatic heterocycles. The number of amides is 1. The van der Waals surface area contributed by atoms with Crippen LogP contribution in [0, 0.1) is 0 Å². The van der Waals surface area contributed by atoms with Gasteiger partial charge in [-0.05, 0) is 12.1 Å². The van der Waals surface area contributed by atoms with E-state index >= 15 is 0 Å². The van der Waals surface area contributed by atoms with Gasteiger partial charge in [-0.25, -0.2) is 9.78 Å². The van der Waals surface area contributed by atoms with Crippen LogP contribution in [0.5, 0.6) is 11.6 Å². The molecule has 1 heterocycles. The van der Waals surface area contributed by atoms with Gasteiger partial charge in [0.2, 0.25) is 0 Å². The molecular weight excluding hydrogens is 204 g/mol. The minimum absolute atomic E-state index is 0.0814. The Morgan fingerprint density at radius 3 is 2.80 bits per heavy atom. The Labute approximate surface area is 83.8 Å². The molecule has 1 amide bonds. The predicted octanol–water partition coefficient (Wildman–Crippen LogP) is -0.993. The van der Waals surface area contributed by atoms with Crippen molar-refractivity contribution in [3.05, 3.63) is 18.3 Å². The Morgan fingerprint density at radius 1 is 1.47 bits per heavy atom. The lowest BCUT2D eigenvalue weighted by Gasteiger charge is -2.04. The number of nitrogens with two attached hydrogens (primary N) is 1. The topological polar surface area (TPSA) is 109 Å². The number of hydrogen-bond acceptors (Lipinski definition) is 6. The Bertz CT molecular complexity index is 404. The number of carbonyl (C=O) groups excluding carboxylic acids is 3. The van der Waals surface area contributed by atoms with Crippen LogP contribution in [-0.2, 0) is 14.4 Å². The van der Waals surface area contributed by atoms with E-state index in [2.05, 4.69) is 20.2 Å². The minimum atomic E-state index is -1.29. The second-order valence-corrected chi connectivity index (χ2v) is 2.27. The summed E-state index contributed by atoms with van der Waals surface area (Å²) in [5.41, 5.74) is 4.66. The molecule has 0 spiro atoms. The lowest BCUT2D eigenvalue weighted by molar-refractivity contribution is -0.146. The van der Waals surface area contributed by atoms with E-state index in [-0.39, 0.29) is 18.1 Å². The fraction of sp³-hybridized carbons (Fsp3) is 0. The van der Waals surface area contributed by atoms with Gasteiger partial charge in [0.1, 0.15) is 0 Å². The van der Waals surface area contributed by atoms with E-state index in [1.165, 1.54) is 18.3 Å². The lowest BCUT2D eigenvalue weighted by Crippen LogP contribution is -2.28. The smallest absolute Gasteiger partial charge is 0.403 e. The normalized spacial score (nSPS) is 9.07. The van der Waals surface area contributed by atoms with E-state index in [4.69, 9.17) is 0 Å². The van der Waals surface area contributed by atoms with Gasteiger partial charge >= 0.3 is 11.9 Å². The molecule has 0 saturated heterocycles. The van der Waals surface area contributed by atoms with E-state index in [9.17, 15) is 14.4 Å². The molecule has 1 aromatic rings. The highest BCUT2D eigenvalue weighted by Gasteiger charge is 2.15. The molecule has 0 aliphatic carbocycles. The molecule has 0 radical (unpaired) electrons. The van der Waals surface area contributed by atoms with Gasteiger partial charge in [-0.3, -0.25) is 9.59 Å². The first-order chi connectivity index (χ1) is 7.15. The molecule has 0 atom stereocenters. The number of hydrogen-bond donors (Lipinski definition) is 1. The van der Waals surface area contributed by atoms with E-state index in [0.29, 0.717) is 0 Å². The number of primary amides is 1. The van der Waals surface area contributed by atoms with Crippen LogP contribution in [0.15, 0.2) is 18.3 Å². The van der Waals surface area contributed by atoms with Crippen molar-refractivity contribution >= 4 is 18.3 Å². The van der Waals surface area contributed by atoms with E-state index in [1.54, 1.807) is 0 Å². The minimum Gasteiger partial charge on any atom is -0.423 e. The molecule has 0 unspecified atom stereocenters. The number of pyridine rings is 1. The summed E-state index contributed by atoms with van der Waals surface area (Å²) in [7, 11) is 0. The predicted molar refractivity (Wildman–Crippen MR) is 45.8 cm³/mol. The van der Waals surface area contributed by atoms with Crippen LogP contribution >= 0.6 is 0 Å². The number of rotatable bonds is 3.